The molecule has 0 heterocycles. The van der Waals surface area contributed by atoms with E-state index in [1.165, 1.54) is 116 Å². The van der Waals surface area contributed by atoms with E-state index < -0.39 is 6.10 Å². The van der Waals surface area contributed by atoms with Gasteiger partial charge in [0, 0.05) is 19.4 Å². The molecule has 0 fully saturated rings. The molecule has 0 spiro atoms. The van der Waals surface area contributed by atoms with Crippen LogP contribution < -0.4 is 0 Å². The van der Waals surface area contributed by atoms with Crippen LogP contribution >= 0.6 is 0 Å². The van der Waals surface area contributed by atoms with Crippen LogP contribution in [0.1, 0.15) is 252 Å². The van der Waals surface area contributed by atoms with Crippen molar-refractivity contribution in [2.45, 2.75) is 258 Å². The van der Waals surface area contributed by atoms with Gasteiger partial charge in [-0.25, -0.2) is 0 Å². The molecule has 0 saturated carbocycles. The molecule has 0 aromatic heterocycles. The Kier molecular flexibility index (Phi) is 54.9. The minimum atomic E-state index is -0.577. The van der Waals surface area contributed by atoms with Gasteiger partial charge in [-0.2, -0.15) is 0 Å². The molecule has 0 aliphatic rings. The topological polar surface area (TPSA) is 61.8 Å². The van der Waals surface area contributed by atoms with E-state index in [0.29, 0.717) is 25.9 Å². The maximum absolute atomic E-state index is 12.9. The fraction of sp³-hybridized carbons (Fsp3) is 0.683. The quantitative estimate of drug-likeness (QED) is 0.0345. The predicted molar refractivity (Wildman–Crippen MR) is 297 cm³/mol. The fourth-order valence-electron chi connectivity index (χ4n) is 7.67. The van der Waals surface area contributed by atoms with Crippen molar-refractivity contribution in [2.75, 3.05) is 19.8 Å². The highest BCUT2D eigenvalue weighted by Crippen LogP contribution is 2.15. The minimum absolute atomic E-state index is 0.0375. The van der Waals surface area contributed by atoms with Gasteiger partial charge in [0.25, 0.3) is 0 Å². The highest BCUT2D eigenvalue weighted by Gasteiger charge is 2.17. The number of unbranched alkanes of at least 4 members (excludes halogenated alkanes) is 22. The molecule has 5 heteroatoms. The lowest BCUT2D eigenvalue weighted by Gasteiger charge is -2.18. The van der Waals surface area contributed by atoms with Crippen LogP contribution in [0.5, 0.6) is 0 Å². The van der Waals surface area contributed by atoms with Crippen molar-refractivity contribution in [3.8, 4) is 0 Å². The Bertz CT molecular complexity index is 1340. The van der Waals surface area contributed by atoms with E-state index in [-0.39, 0.29) is 25.2 Å². The standard InChI is InChI=1S/C63H106O5/c1-4-7-10-13-16-19-22-25-28-31-32-34-35-38-41-44-47-50-53-56-62(64)67-60-61(59-66-58-55-52-49-46-43-40-37-30-27-24-21-18-15-12-9-6-3)68-63(65)57-54-51-48-45-42-39-36-33-29-26-23-20-17-14-11-8-5-2/h7-8,10-11,16-17,19-20,25-26,28-29,32,34,38,41,47,50,61H,4-6,9,12-15,18,21-24,27,30-31,33,35-37,39-40,42-46,48-49,51-60H2,1-3H3/b10-7-,11-8-,19-16-,20-17-,28-25-,29-26-,34-32-,41-38-,50-47-. The zero-order chi connectivity index (χ0) is 49.2. The summed E-state index contributed by atoms with van der Waals surface area (Å²) in [5.41, 5.74) is 0. The van der Waals surface area contributed by atoms with E-state index in [2.05, 4.69) is 124 Å². The van der Waals surface area contributed by atoms with Gasteiger partial charge >= 0.3 is 11.9 Å². The lowest BCUT2D eigenvalue weighted by Crippen LogP contribution is -2.30. The first kappa shape index (κ1) is 64.6. The third kappa shape index (κ3) is 55.2. The van der Waals surface area contributed by atoms with Crippen LogP contribution in [0.3, 0.4) is 0 Å². The number of rotatable bonds is 51. The average molecular weight is 944 g/mol. The summed E-state index contributed by atoms with van der Waals surface area (Å²) in [4.78, 5) is 25.5. The second kappa shape index (κ2) is 57.9. The molecule has 0 aromatic carbocycles. The summed E-state index contributed by atoms with van der Waals surface area (Å²) < 4.78 is 17.4. The van der Waals surface area contributed by atoms with Crippen molar-refractivity contribution in [1.82, 2.24) is 0 Å². The van der Waals surface area contributed by atoms with Crippen molar-refractivity contribution in [1.29, 1.82) is 0 Å². The summed E-state index contributed by atoms with van der Waals surface area (Å²) >= 11 is 0. The summed E-state index contributed by atoms with van der Waals surface area (Å²) in [7, 11) is 0. The number of carbonyl (C=O) groups excluding carboxylic acids is 2. The third-order valence-corrected chi connectivity index (χ3v) is 11.8. The van der Waals surface area contributed by atoms with Crippen molar-refractivity contribution >= 4 is 11.9 Å². The molecular weight excluding hydrogens is 837 g/mol. The Morgan fingerprint density at radius 2 is 0.691 bits per heavy atom. The first-order valence-electron chi connectivity index (χ1n) is 28.4. The summed E-state index contributed by atoms with van der Waals surface area (Å²) in [5.74, 6) is -0.503. The number of ether oxygens (including phenoxy) is 3. The summed E-state index contributed by atoms with van der Waals surface area (Å²) in [6, 6.07) is 0. The van der Waals surface area contributed by atoms with Crippen molar-refractivity contribution in [3.05, 3.63) is 109 Å². The summed E-state index contributed by atoms with van der Waals surface area (Å²) in [5, 5.41) is 0. The second-order valence-electron chi connectivity index (χ2n) is 18.4. The lowest BCUT2D eigenvalue weighted by atomic mass is 10.0. The maximum Gasteiger partial charge on any atom is 0.306 e. The smallest absolute Gasteiger partial charge is 0.306 e. The minimum Gasteiger partial charge on any atom is -0.462 e. The van der Waals surface area contributed by atoms with Crippen LogP contribution in [0.4, 0.5) is 0 Å². The zero-order valence-electron chi connectivity index (χ0n) is 44.6. The largest absolute Gasteiger partial charge is 0.462 e. The molecule has 0 saturated heterocycles. The van der Waals surface area contributed by atoms with Crippen LogP contribution in [0.15, 0.2) is 109 Å². The Balaban J connectivity index is 4.41. The molecule has 0 N–H and O–H groups in total. The van der Waals surface area contributed by atoms with Crippen LogP contribution in [-0.4, -0.2) is 37.9 Å². The number of esters is 2. The summed E-state index contributed by atoms with van der Waals surface area (Å²) in [6.07, 6.45) is 79.8. The van der Waals surface area contributed by atoms with Gasteiger partial charge in [-0.1, -0.05) is 259 Å². The molecule has 0 amide bonds. The molecule has 68 heavy (non-hydrogen) atoms. The molecule has 0 aromatic rings. The molecule has 0 radical (unpaired) electrons. The Labute approximate surface area is 421 Å². The van der Waals surface area contributed by atoms with Gasteiger partial charge in [0.15, 0.2) is 6.10 Å². The number of allylic oxidation sites excluding steroid dienone is 18. The molecule has 1 unspecified atom stereocenters. The molecule has 0 bridgehead atoms. The molecule has 0 rings (SSSR count). The van der Waals surface area contributed by atoms with Crippen molar-refractivity contribution in [3.63, 3.8) is 0 Å². The first-order valence-corrected chi connectivity index (χ1v) is 28.4. The average Bonchev–Trinajstić information content (AvgIpc) is 3.34. The number of carbonyl (C=O) groups is 2. The molecule has 0 aliphatic heterocycles. The number of hydrogen-bond acceptors (Lipinski definition) is 5. The summed E-state index contributed by atoms with van der Waals surface area (Å²) in [6.45, 7) is 7.53. The van der Waals surface area contributed by atoms with E-state index >= 15 is 0 Å². The van der Waals surface area contributed by atoms with Crippen LogP contribution in [-0.2, 0) is 23.8 Å². The van der Waals surface area contributed by atoms with Gasteiger partial charge in [0.05, 0.1) is 6.61 Å². The molecule has 0 aliphatic carbocycles. The Morgan fingerprint density at radius 1 is 0.338 bits per heavy atom. The third-order valence-electron chi connectivity index (χ3n) is 11.8. The van der Waals surface area contributed by atoms with Gasteiger partial charge in [-0.3, -0.25) is 9.59 Å². The van der Waals surface area contributed by atoms with Gasteiger partial charge in [0.2, 0.25) is 0 Å². The molecule has 388 valence electrons. The highest BCUT2D eigenvalue weighted by molar-refractivity contribution is 5.70. The Morgan fingerprint density at radius 3 is 1.12 bits per heavy atom. The van der Waals surface area contributed by atoms with Gasteiger partial charge in [-0.15, -0.1) is 0 Å². The van der Waals surface area contributed by atoms with Crippen molar-refractivity contribution < 1.29 is 23.8 Å². The van der Waals surface area contributed by atoms with E-state index in [1.807, 2.05) is 6.08 Å². The normalized spacial score (nSPS) is 13.0. The second-order valence-corrected chi connectivity index (χ2v) is 18.4. The molecule has 1 atom stereocenters. The van der Waals surface area contributed by atoms with E-state index in [9.17, 15) is 9.59 Å². The lowest BCUT2D eigenvalue weighted by molar-refractivity contribution is -0.162. The molecule has 5 nitrogen and oxygen atoms in total. The Hall–Kier alpha value is -3.44. The predicted octanol–water partition coefficient (Wildman–Crippen LogP) is 19.6. The van der Waals surface area contributed by atoms with Crippen LogP contribution in [0, 0.1) is 0 Å². The van der Waals surface area contributed by atoms with E-state index in [4.69, 9.17) is 14.2 Å². The van der Waals surface area contributed by atoms with Gasteiger partial charge < -0.3 is 14.2 Å². The van der Waals surface area contributed by atoms with E-state index in [0.717, 1.165) is 96.3 Å². The monoisotopic (exact) mass is 943 g/mol. The van der Waals surface area contributed by atoms with Crippen molar-refractivity contribution in [2.24, 2.45) is 0 Å². The fourth-order valence-corrected chi connectivity index (χ4v) is 7.67. The first-order chi connectivity index (χ1) is 33.6. The SMILES string of the molecule is CC/C=C\C/C=C\C/C=C\C/C=C\C/C=C\C/C=C\CCC(=O)OCC(COCCCCCCCCCCCCCCCCCC)OC(=O)CCCCCCCCC/C=C\C/C=C\C/C=C\CC. The zero-order valence-corrected chi connectivity index (χ0v) is 44.6. The van der Waals surface area contributed by atoms with Crippen LogP contribution in [0.2, 0.25) is 0 Å². The van der Waals surface area contributed by atoms with Gasteiger partial charge in [-0.05, 0) is 89.9 Å². The highest BCUT2D eigenvalue weighted by atomic mass is 16.6. The maximum atomic E-state index is 12.9. The van der Waals surface area contributed by atoms with Gasteiger partial charge in [0.1, 0.15) is 6.61 Å². The van der Waals surface area contributed by atoms with Crippen LogP contribution in [0.25, 0.3) is 0 Å². The molecular formula is C63H106O5. The van der Waals surface area contributed by atoms with E-state index in [1.54, 1.807) is 0 Å². The number of hydrogen-bond donors (Lipinski definition) is 0.